The van der Waals surface area contributed by atoms with Crippen LogP contribution in [0.1, 0.15) is 47.0 Å². The molecule has 0 aliphatic heterocycles. The summed E-state index contributed by atoms with van der Waals surface area (Å²) in [6.45, 7) is 11.3. The molecule has 0 aromatic rings. The van der Waals surface area contributed by atoms with Crippen LogP contribution in [0.2, 0.25) is 0 Å². The van der Waals surface area contributed by atoms with Gasteiger partial charge in [0.2, 0.25) is 0 Å². The number of rotatable bonds is 6. The van der Waals surface area contributed by atoms with Gasteiger partial charge in [-0.05, 0) is 39.2 Å². The molecule has 2 heteroatoms. The van der Waals surface area contributed by atoms with Gasteiger partial charge in [0, 0.05) is 6.92 Å². The summed E-state index contributed by atoms with van der Waals surface area (Å²) in [7, 11) is 0. The zero-order valence-corrected chi connectivity index (χ0v) is 10.3. The van der Waals surface area contributed by atoms with E-state index in [9.17, 15) is 4.79 Å². The maximum atomic E-state index is 10.9. The van der Waals surface area contributed by atoms with Gasteiger partial charge >= 0.3 is 5.97 Å². The van der Waals surface area contributed by atoms with Gasteiger partial charge in [-0.2, -0.15) is 0 Å². The van der Waals surface area contributed by atoms with E-state index in [1.165, 1.54) is 12.5 Å². The second kappa shape index (κ2) is 6.44. The summed E-state index contributed by atoms with van der Waals surface area (Å²) < 4.78 is 5.22. The minimum Gasteiger partial charge on any atom is -0.455 e. The van der Waals surface area contributed by atoms with E-state index in [0.717, 1.165) is 19.3 Å². The molecule has 0 saturated carbocycles. The SMILES string of the molecule is C=CC(C)(CCC=C(C)CC)OC(C)=O. The summed E-state index contributed by atoms with van der Waals surface area (Å²) in [4.78, 5) is 10.9. The van der Waals surface area contributed by atoms with E-state index < -0.39 is 5.60 Å². The lowest BCUT2D eigenvalue weighted by atomic mass is 9.99. The number of allylic oxidation sites excluding steroid dienone is 2. The Labute approximate surface area is 93.0 Å². The molecule has 0 aliphatic rings. The predicted octanol–water partition coefficient (Wildman–Crippen LogP) is 3.63. The first-order chi connectivity index (χ1) is 6.93. The smallest absolute Gasteiger partial charge is 0.303 e. The molecule has 0 bridgehead atoms. The molecule has 0 rings (SSSR count). The van der Waals surface area contributed by atoms with Crippen LogP contribution in [-0.4, -0.2) is 11.6 Å². The van der Waals surface area contributed by atoms with Crippen LogP contribution in [-0.2, 0) is 9.53 Å². The molecule has 0 N–H and O–H groups in total. The van der Waals surface area contributed by atoms with Crippen molar-refractivity contribution in [2.75, 3.05) is 0 Å². The van der Waals surface area contributed by atoms with Crippen LogP contribution in [0.4, 0.5) is 0 Å². The molecular weight excluding hydrogens is 188 g/mol. The Kier molecular flexibility index (Phi) is 5.99. The third kappa shape index (κ3) is 6.10. The average molecular weight is 210 g/mol. The Morgan fingerprint density at radius 2 is 2.07 bits per heavy atom. The van der Waals surface area contributed by atoms with Crippen LogP contribution in [0.25, 0.3) is 0 Å². The van der Waals surface area contributed by atoms with Crippen molar-refractivity contribution in [3.63, 3.8) is 0 Å². The Hall–Kier alpha value is -1.05. The Morgan fingerprint density at radius 1 is 1.47 bits per heavy atom. The zero-order chi connectivity index (χ0) is 11.9. The second-order valence-corrected chi connectivity index (χ2v) is 4.05. The van der Waals surface area contributed by atoms with Gasteiger partial charge < -0.3 is 4.74 Å². The molecule has 0 radical (unpaired) electrons. The Bertz CT molecular complexity index is 253. The highest BCUT2D eigenvalue weighted by molar-refractivity contribution is 5.66. The maximum absolute atomic E-state index is 10.9. The van der Waals surface area contributed by atoms with Gasteiger partial charge in [-0.3, -0.25) is 4.79 Å². The highest BCUT2D eigenvalue weighted by Gasteiger charge is 2.22. The van der Waals surface area contributed by atoms with Gasteiger partial charge in [0.25, 0.3) is 0 Å². The van der Waals surface area contributed by atoms with Crippen molar-refractivity contribution < 1.29 is 9.53 Å². The van der Waals surface area contributed by atoms with E-state index in [1.807, 2.05) is 6.92 Å². The van der Waals surface area contributed by atoms with Crippen molar-refractivity contribution in [2.45, 2.75) is 52.6 Å². The Morgan fingerprint density at radius 3 is 2.47 bits per heavy atom. The molecule has 2 nitrogen and oxygen atoms in total. The monoisotopic (exact) mass is 210 g/mol. The average Bonchev–Trinajstić information content (AvgIpc) is 2.16. The van der Waals surface area contributed by atoms with Gasteiger partial charge in [-0.25, -0.2) is 0 Å². The van der Waals surface area contributed by atoms with Crippen LogP contribution in [0.3, 0.4) is 0 Å². The number of esters is 1. The van der Waals surface area contributed by atoms with Gasteiger partial charge in [-0.1, -0.05) is 25.2 Å². The van der Waals surface area contributed by atoms with Crippen molar-refractivity contribution in [1.29, 1.82) is 0 Å². The summed E-state index contributed by atoms with van der Waals surface area (Å²) in [5.41, 5.74) is 0.834. The molecule has 0 aromatic heterocycles. The van der Waals surface area contributed by atoms with Gasteiger partial charge in [0.15, 0.2) is 0 Å². The van der Waals surface area contributed by atoms with Crippen molar-refractivity contribution in [3.05, 3.63) is 24.3 Å². The zero-order valence-electron chi connectivity index (χ0n) is 10.3. The number of ether oxygens (including phenoxy) is 1. The highest BCUT2D eigenvalue weighted by atomic mass is 16.6. The van der Waals surface area contributed by atoms with E-state index in [4.69, 9.17) is 4.74 Å². The van der Waals surface area contributed by atoms with Crippen LogP contribution in [0.5, 0.6) is 0 Å². The standard InChI is InChI=1S/C13H22O2/c1-6-11(3)9-8-10-13(5,7-2)15-12(4)14/h7,9H,2,6,8,10H2,1,3-5H3. The van der Waals surface area contributed by atoms with E-state index >= 15 is 0 Å². The summed E-state index contributed by atoms with van der Waals surface area (Å²) in [5.74, 6) is -0.256. The molecule has 0 fully saturated rings. The molecule has 0 heterocycles. The molecular formula is C13H22O2. The first kappa shape index (κ1) is 13.9. The van der Waals surface area contributed by atoms with E-state index in [0.29, 0.717) is 0 Å². The van der Waals surface area contributed by atoms with E-state index in [2.05, 4.69) is 26.5 Å². The molecule has 0 saturated heterocycles. The summed E-state index contributed by atoms with van der Waals surface area (Å²) in [5, 5.41) is 0. The van der Waals surface area contributed by atoms with Gasteiger partial charge in [0.05, 0.1) is 0 Å². The van der Waals surface area contributed by atoms with Crippen molar-refractivity contribution in [3.8, 4) is 0 Å². The molecule has 1 unspecified atom stereocenters. The quantitative estimate of drug-likeness (QED) is 0.494. The molecule has 0 amide bonds. The minimum absolute atomic E-state index is 0.256. The third-order valence-electron chi connectivity index (χ3n) is 2.50. The predicted molar refractivity (Wildman–Crippen MR) is 63.7 cm³/mol. The summed E-state index contributed by atoms with van der Waals surface area (Å²) in [6.07, 6.45) is 6.65. The van der Waals surface area contributed by atoms with Gasteiger partial charge in [0.1, 0.15) is 5.60 Å². The molecule has 0 aliphatic carbocycles. The molecule has 15 heavy (non-hydrogen) atoms. The maximum Gasteiger partial charge on any atom is 0.303 e. The number of hydrogen-bond acceptors (Lipinski definition) is 2. The van der Waals surface area contributed by atoms with Gasteiger partial charge in [-0.15, -0.1) is 0 Å². The first-order valence-electron chi connectivity index (χ1n) is 5.42. The number of hydrogen-bond donors (Lipinski definition) is 0. The number of carbonyl (C=O) groups is 1. The summed E-state index contributed by atoms with van der Waals surface area (Å²) >= 11 is 0. The van der Waals surface area contributed by atoms with Crippen LogP contribution < -0.4 is 0 Å². The normalized spacial score (nSPS) is 15.6. The highest BCUT2D eigenvalue weighted by Crippen LogP contribution is 2.20. The van der Waals surface area contributed by atoms with E-state index in [-0.39, 0.29) is 5.97 Å². The second-order valence-electron chi connectivity index (χ2n) is 4.05. The molecule has 0 aromatic carbocycles. The van der Waals surface area contributed by atoms with E-state index in [1.54, 1.807) is 6.08 Å². The minimum atomic E-state index is -0.531. The fraction of sp³-hybridized carbons (Fsp3) is 0.615. The van der Waals surface area contributed by atoms with Crippen LogP contribution in [0, 0.1) is 0 Å². The van der Waals surface area contributed by atoms with Crippen molar-refractivity contribution in [2.24, 2.45) is 0 Å². The first-order valence-corrected chi connectivity index (χ1v) is 5.42. The lowest BCUT2D eigenvalue weighted by Gasteiger charge is -2.24. The fourth-order valence-electron chi connectivity index (χ4n) is 1.27. The van der Waals surface area contributed by atoms with Crippen molar-refractivity contribution in [1.82, 2.24) is 0 Å². The number of carbonyl (C=O) groups excluding carboxylic acids is 1. The Balaban J connectivity index is 4.21. The topological polar surface area (TPSA) is 26.3 Å². The molecule has 0 spiro atoms. The molecule has 1 atom stereocenters. The van der Waals surface area contributed by atoms with Crippen LogP contribution >= 0.6 is 0 Å². The fourth-order valence-corrected chi connectivity index (χ4v) is 1.27. The lowest BCUT2D eigenvalue weighted by Crippen LogP contribution is -2.27. The molecule has 86 valence electrons. The van der Waals surface area contributed by atoms with Crippen LogP contribution in [0.15, 0.2) is 24.3 Å². The lowest BCUT2D eigenvalue weighted by molar-refractivity contribution is -0.151. The van der Waals surface area contributed by atoms with Crippen molar-refractivity contribution >= 4 is 5.97 Å². The largest absolute Gasteiger partial charge is 0.455 e. The summed E-state index contributed by atoms with van der Waals surface area (Å²) in [6, 6.07) is 0. The third-order valence-corrected chi connectivity index (χ3v) is 2.50.